The van der Waals surface area contributed by atoms with Gasteiger partial charge in [-0.3, -0.25) is 4.79 Å². The fourth-order valence-corrected chi connectivity index (χ4v) is 1.52. The molecule has 100 valence electrons. The molecule has 18 heavy (non-hydrogen) atoms. The number of carbonyl (C=O) groups is 1. The molecule has 0 aliphatic heterocycles. The van der Waals surface area contributed by atoms with E-state index < -0.39 is 11.7 Å². The van der Waals surface area contributed by atoms with Gasteiger partial charge >= 0.3 is 0 Å². The zero-order valence-corrected chi connectivity index (χ0v) is 10.4. The minimum Gasteiger partial charge on any atom is -0.497 e. The molecule has 1 aromatic carbocycles. The van der Waals surface area contributed by atoms with Crippen molar-refractivity contribution in [3.8, 4) is 5.75 Å². The van der Waals surface area contributed by atoms with Gasteiger partial charge in [0, 0.05) is 19.2 Å². The molecular formula is C13H18FNO3. The highest BCUT2D eigenvalue weighted by Gasteiger charge is 2.11. The van der Waals surface area contributed by atoms with Gasteiger partial charge in [0.1, 0.15) is 11.6 Å². The molecule has 0 heterocycles. The number of aliphatic hydroxyl groups is 1. The molecule has 0 atom stereocenters. The molecule has 0 unspecified atom stereocenters. The molecule has 1 amide bonds. The summed E-state index contributed by atoms with van der Waals surface area (Å²) in [7, 11) is 1.44. The second-order valence-corrected chi connectivity index (χ2v) is 3.89. The van der Waals surface area contributed by atoms with Crippen molar-refractivity contribution in [2.45, 2.75) is 19.3 Å². The summed E-state index contributed by atoms with van der Waals surface area (Å²) in [6.07, 6.45) is 2.32. The van der Waals surface area contributed by atoms with Crippen LogP contribution in [0.15, 0.2) is 18.2 Å². The molecule has 0 bridgehead atoms. The lowest BCUT2D eigenvalue weighted by molar-refractivity contribution is 0.0949. The molecule has 5 heteroatoms. The first kappa shape index (κ1) is 14.4. The van der Waals surface area contributed by atoms with Crippen LogP contribution in [-0.4, -0.2) is 31.3 Å². The van der Waals surface area contributed by atoms with E-state index in [0.29, 0.717) is 18.7 Å². The molecule has 0 fully saturated rings. The highest BCUT2D eigenvalue weighted by atomic mass is 19.1. The van der Waals surface area contributed by atoms with Crippen LogP contribution in [0, 0.1) is 5.82 Å². The molecule has 0 spiro atoms. The van der Waals surface area contributed by atoms with Crippen LogP contribution >= 0.6 is 0 Å². The summed E-state index contributed by atoms with van der Waals surface area (Å²) in [5.41, 5.74) is 0.0120. The smallest absolute Gasteiger partial charge is 0.254 e. The molecule has 0 saturated carbocycles. The van der Waals surface area contributed by atoms with Crippen LogP contribution in [0.5, 0.6) is 5.75 Å². The van der Waals surface area contributed by atoms with Crippen LogP contribution in [0.1, 0.15) is 29.6 Å². The zero-order valence-electron chi connectivity index (χ0n) is 10.4. The number of carbonyl (C=O) groups excluding carboxylic acids is 1. The molecule has 4 nitrogen and oxygen atoms in total. The second kappa shape index (κ2) is 7.66. The highest BCUT2D eigenvalue weighted by molar-refractivity contribution is 5.94. The zero-order chi connectivity index (χ0) is 13.4. The van der Waals surface area contributed by atoms with E-state index in [2.05, 4.69) is 5.32 Å². The van der Waals surface area contributed by atoms with Crippen LogP contribution < -0.4 is 10.1 Å². The average Bonchev–Trinajstić information content (AvgIpc) is 2.38. The molecule has 0 saturated heterocycles. The lowest BCUT2D eigenvalue weighted by Crippen LogP contribution is -2.25. The molecular weight excluding hydrogens is 237 g/mol. The van der Waals surface area contributed by atoms with E-state index >= 15 is 0 Å². The van der Waals surface area contributed by atoms with Gasteiger partial charge in [-0.1, -0.05) is 0 Å². The maximum Gasteiger partial charge on any atom is 0.254 e. The molecule has 0 aliphatic carbocycles. The number of rotatable bonds is 7. The van der Waals surface area contributed by atoms with Crippen LogP contribution in [0.25, 0.3) is 0 Å². The maximum absolute atomic E-state index is 13.5. The lowest BCUT2D eigenvalue weighted by Gasteiger charge is -2.07. The van der Waals surface area contributed by atoms with Crippen molar-refractivity contribution < 1.29 is 19.0 Å². The van der Waals surface area contributed by atoms with Gasteiger partial charge < -0.3 is 15.2 Å². The van der Waals surface area contributed by atoms with Crippen molar-refractivity contribution in [1.29, 1.82) is 0 Å². The number of amides is 1. The standard InChI is InChI=1S/C13H18FNO3/c1-18-10-5-6-11(12(14)9-10)13(17)15-7-3-2-4-8-16/h5-6,9,16H,2-4,7-8H2,1H3,(H,15,17). The molecule has 1 rings (SSSR count). The molecule has 2 N–H and O–H groups in total. The van der Waals surface area contributed by atoms with E-state index in [1.54, 1.807) is 6.07 Å². The first-order valence-electron chi connectivity index (χ1n) is 5.91. The third-order valence-electron chi connectivity index (χ3n) is 2.54. The number of halogens is 1. The van der Waals surface area contributed by atoms with Crippen molar-refractivity contribution in [3.05, 3.63) is 29.6 Å². The number of unbranched alkanes of at least 4 members (excludes halogenated alkanes) is 2. The quantitative estimate of drug-likeness (QED) is 0.729. The fraction of sp³-hybridized carbons (Fsp3) is 0.462. The van der Waals surface area contributed by atoms with Crippen molar-refractivity contribution in [3.63, 3.8) is 0 Å². The third kappa shape index (κ3) is 4.33. The first-order valence-corrected chi connectivity index (χ1v) is 5.91. The van der Waals surface area contributed by atoms with E-state index in [9.17, 15) is 9.18 Å². The number of benzene rings is 1. The number of hydrogen-bond donors (Lipinski definition) is 2. The molecule has 1 aromatic rings. The summed E-state index contributed by atoms with van der Waals surface area (Å²) in [4.78, 5) is 11.7. The molecule has 0 aliphatic rings. The predicted molar refractivity (Wildman–Crippen MR) is 66.2 cm³/mol. The minimum absolute atomic E-state index is 0.0120. The van der Waals surface area contributed by atoms with E-state index in [0.717, 1.165) is 12.8 Å². The maximum atomic E-state index is 13.5. The highest BCUT2D eigenvalue weighted by Crippen LogP contribution is 2.16. The number of hydrogen-bond acceptors (Lipinski definition) is 3. The Morgan fingerprint density at radius 3 is 2.78 bits per heavy atom. The van der Waals surface area contributed by atoms with Crippen molar-refractivity contribution in [2.24, 2.45) is 0 Å². The van der Waals surface area contributed by atoms with Crippen LogP contribution in [-0.2, 0) is 0 Å². The van der Waals surface area contributed by atoms with E-state index in [1.807, 2.05) is 0 Å². The van der Waals surface area contributed by atoms with E-state index in [4.69, 9.17) is 9.84 Å². The Bertz CT molecular complexity index is 396. The summed E-state index contributed by atoms with van der Waals surface area (Å²) >= 11 is 0. The normalized spacial score (nSPS) is 10.2. The SMILES string of the molecule is COc1ccc(C(=O)NCCCCCO)c(F)c1. The van der Waals surface area contributed by atoms with Crippen molar-refractivity contribution in [1.82, 2.24) is 5.32 Å². The Kier molecular flexibility index (Phi) is 6.14. The largest absolute Gasteiger partial charge is 0.497 e. The minimum atomic E-state index is -0.595. The Hall–Kier alpha value is -1.62. The van der Waals surface area contributed by atoms with Gasteiger partial charge in [-0.25, -0.2) is 4.39 Å². The third-order valence-corrected chi connectivity index (χ3v) is 2.54. The van der Waals surface area contributed by atoms with Gasteiger partial charge in [-0.15, -0.1) is 0 Å². The van der Waals surface area contributed by atoms with Crippen LogP contribution in [0.4, 0.5) is 4.39 Å². The number of methoxy groups -OCH3 is 1. The average molecular weight is 255 g/mol. The van der Waals surface area contributed by atoms with E-state index in [1.165, 1.54) is 19.2 Å². The van der Waals surface area contributed by atoms with Gasteiger partial charge in [0.25, 0.3) is 5.91 Å². The topological polar surface area (TPSA) is 58.6 Å². The van der Waals surface area contributed by atoms with Gasteiger partial charge in [0.2, 0.25) is 0 Å². The Labute approximate surface area is 106 Å². The summed E-state index contributed by atoms with van der Waals surface area (Å²) < 4.78 is 18.4. The van der Waals surface area contributed by atoms with Gasteiger partial charge in [0.15, 0.2) is 0 Å². The predicted octanol–water partition coefficient (Wildman–Crippen LogP) is 1.73. The number of ether oxygens (including phenoxy) is 1. The monoisotopic (exact) mass is 255 g/mol. The summed E-state index contributed by atoms with van der Waals surface area (Å²) in [5, 5.41) is 11.2. The Morgan fingerprint density at radius 2 is 2.17 bits per heavy atom. The fourth-order valence-electron chi connectivity index (χ4n) is 1.52. The van der Waals surface area contributed by atoms with Gasteiger partial charge in [-0.05, 0) is 31.4 Å². The number of aliphatic hydroxyl groups excluding tert-OH is 1. The molecule has 0 aromatic heterocycles. The second-order valence-electron chi connectivity index (χ2n) is 3.89. The summed E-state index contributed by atoms with van der Waals surface area (Å²) in [5.74, 6) is -0.645. The molecule has 0 radical (unpaired) electrons. The summed E-state index contributed by atoms with van der Waals surface area (Å²) in [6, 6.07) is 4.13. The lowest BCUT2D eigenvalue weighted by atomic mass is 10.2. The summed E-state index contributed by atoms with van der Waals surface area (Å²) in [6.45, 7) is 0.630. The Morgan fingerprint density at radius 1 is 1.39 bits per heavy atom. The van der Waals surface area contributed by atoms with E-state index in [-0.39, 0.29) is 12.2 Å². The van der Waals surface area contributed by atoms with Gasteiger partial charge in [0.05, 0.1) is 12.7 Å². The van der Waals surface area contributed by atoms with Crippen LogP contribution in [0.2, 0.25) is 0 Å². The van der Waals surface area contributed by atoms with Crippen molar-refractivity contribution in [2.75, 3.05) is 20.3 Å². The van der Waals surface area contributed by atoms with Crippen LogP contribution in [0.3, 0.4) is 0 Å². The van der Waals surface area contributed by atoms with Crippen molar-refractivity contribution >= 4 is 5.91 Å². The number of nitrogens with one attached hydrogen (secondary N) is 1. The first-order chi connectivity index (χ1) is 8.69. The Balaban J connectivity index is 2.46. The van der Waals surface area contributed by atoms with Gasteiger partial charge in [-0.2, -0.15) is 0 Å².